The Morgan fingerprint density at radius 3 is 2.50 bits per heavy atom. The van der Waals surface area contributed by atoms with Crippen molar-refractivity contribution in [2.45, 2.75) is 9.71 Å². The molecule has 1 aliphatic carbocycles. The van der Waals surface area contributed by atoms with E-state index in [0.29, 0.717) is 5.56 Å². The van der Waals surface area contributed by atoms with E-state index in [4.69, 9.17) is 51.1 Å². The van der Waals surface area contributed by atoms with Crippen LogP contribution in [0.3, 0.4) is 0 Å². The lowest BCUT2D eigenvalue weighted by molar-refractivity contribution is 0.169. The Balaban J connectivity index is 2.09. The lowest BCUT2D eigenvalue weighted by Crippen LogP contribution is -2.21. The van der Waals surface area contributed by atoms with Crippen LogP contribution in [0.4, 0.5) is 4.79 Å². The van der Waals surface area contributed by atoms with E-state index >= 15 is 0 Å². The monoisotopic (exact) mass is 374 g/mol. The van der Waals surface area contributed by atoms with Gasteiger partial charge in [0.2, 0.25) is 0 Å². The lowest BCUT2D eigenvalue weighted by Gasteiger charge is -2.23. The summed E-state index contributed by atoms with van der Waals surface area (Å²) in [5.74, 6) is 0. The van der Waals surface area contributed by atoms with Crippen molar-refractivity contribution in [1.29, 1.82) is 0 Å². The van der Waals surface area contributed by atoms with E-state index in [1.807, 2.05) is 36.4 Å². The average Bonchev–Trinajstić information content (AvgIpc) is 2.79. The van der Waals surface area contributed by atoms with Crippen LogP contribution in [0, 0.1) is 0 Å². The number of hydrogen-bond acceptors (Lipinski definition) is 2. The fraction of sp³-hybridized carbons (Fsp3) is 0.188. The summed E-state index contributed by atoms with van der Waals surface area (Å²) in [5.41, 5.74) is 3.53. The number of carbonyl (C=O) groups excluding carboxylic acids is 1. The van der Waals surface area contributed by atoms with Crippen LogP contribution < -0.4 is 0 Å². The summed E-state index contributed by atoms with van der Waals surface area (Å²) < 4.78 is 3.33. The summed E-state index contributed by atoms with van der Waals surface area (Å²) in [5, 5.41) is -0.356. The highest BCUT2D eigenvalue weighted by Gasteiger charge is 2.37. The summed E-state index contributed by atoms with van der Waals surface area (Å²) in [6.07, 6.45) is 0. The summed E-state index contributed by atoms with van der Waals surface area (Å²) >= 11 is 24.5. The third-order valence-corrected chi connectivity index (χ3v) is 4.83. The Labute approximate surface area is 147 Å². The highest BCUT2D eigenvalue weighted by Crippen LogP contribution is 2.52. The van der Waals surface area contributed by atoms with E-state index in [-0.39, 0.29) is 12.0 Å². The molecule has 0 bridgehead atoms. The highest BCUT2D eigenvalue weighted by molar-refractivity contribution is 6.61. The van der Waals surface area contributed by atoms with Crippen LogP contribution in [-0.4, -0.2) is 12.0 Å². The van der Waals surface area contributed by atoms with Crippen molar-refractivity contribution in [3.05, 3.63) is 59.2 Å². The SMILES string of the molecule is O=C(Cl)OCC(Cl)(Cl)c1cccc2c1C(Cl)c1ccccc1-2. The molecule has 1 aliphatic rings. The number of ether oxygens (including phenoxy) is 1. The molecule has 3 rings (SSSR count). The molecule has 0 saturated carbocycles. The molecule has 0 aromatic heterocycles. The second-order valence-electron chi connectivity index (χ2n) is 4.95. The number of halogens is 4. The normalized spacial score (nSPS) is 16.1. The van der Waals surface area contributed by atoms with Gasteiger partial charge in [-0.15, -0.1) is 11.6 Å². The zero-order valence-electron chi connectivity index (χ0n) is 11.2. The van der Waals surface area contributed by atoms with Gasteiger partial charge in [-0.3, -0.25) is 0 Å². The van der Waals surface area contributed by atoms with Crippen molar-refractivity contribution in [3.8, 4) is 11.1 Å². The molecule has 2 aromatic carbocycles. The molecule has 1 unspecified atom stereocenters. The molecule has 0 heterocycles. The third-order valence-electron chi connectivity index (χ3n) is 3.64. The van der Waals surface area contributed by atoms with Gasteiger partial charge in [0, 0.05) is 11.6 Å². The van der Waals surface area contributed by atoms with Crippen LogP contribution in [0.2, 0.25) is 0 Å². The van der Waals surface area contributed by atoms with Gasteiger partial charge in [0.15, 0.2) is 4.33 Å². The maximum Gasteiger partial charge on any atom is 0.403 e. The first-order valence-electron chi connectivity index (χ1n) is 6.48. The average molecular weight is 376 g/mol. The molecule has 0 spiro atoms. The predicted molar refractivity (Wildman–Crippen MR) is 90.2 cm³/mol. The first-order chi connectivity index (χ1) is 10.4. The van der Waals surface area contributed by atoms with Gasteiger partial charge >= 0.3 is 5.43 Å². The molecule has 0 fully saturated rings. The predicted octanol–water partition coefficient (Wildman–Crippen LogP) is 6.00. The number of rotatable bonds is 3. The fourth-order valence-electron chi connectivity index (χ4n) is 2.74. The van der Waals surface area contributed by atoms with Crippen LogP contribution >= 0.6 is 46.4 Å². The van der Waals surface area contributed by atoms with Crippen LogP contribution in [-0.2, 0) is 9.07 Å². The van der Waals surface area contributed by atoms with Crippen molar-refractivity contribution >= 4 is 51.8 Å². The molecule has 0 radical (unpaired) electrons. The standard InChI is InChI=1S/C16H10Cl4O2/c17-14-11-5-2-1-4-9(11)10-6-3-7-12(13(10)14)16(19,20)8-22-15(18)21/h1-7,14H,8H2. The second kappa shape index (κ2) is 5.93. The third kappa shape index (κ3) is 2.69. The summed E-state index contributed by atoms with van der Waals surface area (Å²) in [6, 6.07) is 13.5. The quantitative estimate of drug-likeness (QED) is 0.485. The second-order valence-corrected chi connectivity index (χ2v) is 7.18. The Kier molecular flexibility index (Phi) is 4.30. The maximum absolute atomic E-state index is 10.8. The number of hydrogen-bond donors (Lipinski definition) is 0. The molecule has 2 aromatic rings. The van der Waals surface area contributed by atoms with E-state index in [0.717, 1.165) is 22.3 Å². The van der Waals surface area contributed by atoms with Gasteiger partial charge < -0.3 is 4.74 Å². The van der Waals surface area contributed by atoms with Crippen molar-refractivity contribution < 1.29 is 9.53 Å². The number of alkyl halides is 3. The first-order valence-corrected chi connectivity index (χ1v) is 8.05. The summed E-state index contributed by atoms with van der Waals surface area (Å²) in [7, 11) is 0. The molecule has 0 N–H and O–H groups in total. The van der Waals surface area contributed by atoms with Gasteiger partial charge in [-0.2, -0.15) is 0 Å². The Morgan fingerprint density at radius 2 is 1.77 bits per heavy atom. The van der Waals surface area contributed by atoms with Gasteiger partial charge in [-0.1, -0.05) is 65.7 Å². The Bertz CT molecular complexity index is 743. The highest BCUT2D eigenvalue weighted by atomic mass is 35.5. The van der Waals surface area contributed by atoms with Crippen LogP contribution in [0.5, 0.6) is 0 Å². The molecular weight excluding hydrogens is 366 g/mol. The topological polar surface area (TPSA) is 26.3 Å². The van der Waals surface area contributed by atoms with Gasteiger partial charge in [-0.05, 0) is 27.8 Å². The smallest absolute Gasteiger partial charge is 0.403 e. The minimum absolute atomic E-state index is 0.255. The number of carbonyl (C=O) groups is 1. The van der Waals surface area contributed by atoms with Gasteiger partial charge in [-0.25, -0.2) is 4.79 Å². The zero-order chi connectivity index (χ0) is 15.9. The Morgan fingerprint density at radius 1 is 1.09 bits per heavy atom. The van der Waals surface area contributed by atoms with E-state index < -0.39 is 9.76 Å². The van der Waals surface area contributed by atoms with Crippen molar-refractivity contribution in [2.75, 3.05) is 6.61 Å². The fourth-order valence-corrected chi connectivity index (χ4v) is 3.65. The van der Waals surface area contributed by atoms with Crippen molar-refractivity contribution in [3.63, 3.8) is 0 Å². The maximum atomic E-state index is 10.8. The molecule has 0 saturated heterocycles. The summed E-state index contributed by atoms with van der Waals surface area (Å²) in [4.78, 5) is 10.8. The first kappa shape index (κ1) is 15.9. The van der Waals surface area contributed by atoms with Crippen molar-refractivity contribution in [2.24, 2.45) is 0 Å². The minimum Gasteiger partial charge on any atom is -0.450 e. The molecule has 0 amide bonds. The summed E-state index contributed by atoms with van der Waals surface area (Å²) in [6.45, 7) is -0.255. The van der Waals surface area contributed by atoms with Gasteiger partial charge in [0.05, 0.1) is 5.38 Å². The van der Waals surface area contributed by atoms with E-state index in [1.54, 1.807) is 6.07 Å². The van der Waals surface area contributed by atoms with E-state index in [2.05, 4.69) is 0 Å². The molecule has 114 valence electrons. The van der Waals surface area contributed by atoms with Crippen LogP contribution in [0.1, 0.15) is 22.1 Å². The van der Waals surface area contributed by atoms with E-state index in [1.165, 1.54) is 0 Å². The lowest BCUT2D eigenvalue weighted by atomic mass is 9.98. The largest absolute Gasteiger partial charge is 0.450 e. The van der Waals surface area contributed by atoms with Gasteiger partial charge in [0.1, 0.15) is 6.61 Å². The molecular formula is C16H10Cl4O2. The molecule has 6 heteroatoms. The van der Waals surface area contributed by atoms with Crippen LogP contribution in [0.15, 0.2) is 42.5 Å². The molecule has 0 aliphatic heterocycles. The molecule has 1 atom stereocenters. The van der Waals surface area contributed by atoms with E-state index in [9.17, 15) is 4.79 Å². The Hall–Kier alpha value is -0.930. The van der Waals surface area contributed by atoms with Gasteiger partial charge in [0.25, 0.3) is 0 Å². The van der Waals surface area contributed by atoms with Crippen molar-refractivity contribution in [1.82, 2.24) is 0 Å². The zero-order valence-corrected chi connectivity index (χ0v) is 14.2. The minimum atomic E-state index is -1.43. The number of fused-ring (bicyclic) bond motifs is 3. The van der Waals surface area contributed by atoms with Crippen LogP contribution in [0.25, 0.3) is 11.1 Å². The number of benzene rings is 2. The molecule has 2 nitrogen and oxygen atoms in total. The molecule has 22 heavy (non-hydrogen) atoms.